The van der Waals surface area contributed by atoms with Crippen LogP contribution in [0.2, 0.25) is 0 Å². The van der Waals surface area contributed by atoms with Gasteiger partial charge in [0, 0.05) is 50.5 Å². The molecule has 120 valence electrons. The van der Waals surface area contributed by atoms with Crippen molar-refractivity contribution in [2.24, 2.45) is 0 Å². The monoisotopic (exact) mass is 327 g/mol. The van der Waals surface area contributed by atoms with Gasteiger partial charge in [-0.2, -0.15) is 11.3 Å². The first kappa shape index (κ1) is 14.8. The highest BCUT2D eigenvalue weighted by Crippen LogP contribution is 2.33. The molecule has 2 fully saturated rings. The van der Waals surface area contributed by atoms with E-state index in [4.69, 9.17) is 0 Å². The molecule has 23 heavy (non-hydrogen) atoms. The van der Waals surface area contributed by atoms with Gasteiger partial charge in [-0.25, -0.2) is 0 Å². The highest BCUT2D eigenvalue weighted by Gasteiger charge is 2.42. The van der Waals surface area contributed by atoms with Gasteiger partial charge in [0.25, 0.3) is 0 Å². The fraction of sp³-hybridized carbons (Fsp3) is 0.444. The first-order valence-electron chi connectivity index (χ1n) is 8.25. The van der Waals surface area contributed by atoms with Crippen molar-refractivity contribution < 1.29 is 4.79 Å². The normalized spacial score (nSPS) is 24.9. The van der Waals surface area contributed by atoms with Crippen LogP contribution < -0.4 is 0 Å². The van der Waals surface area contributed by atoms with Crippen LogP contribution in [0, 0.1) is 0 Å². The number of pyridine rings is 1. The molecule has 4 rings (SSSR count). The molecule has 0 aliphatic carbocycles. The zero-order chi connectivity index (χ0) is 15.6. The van der Waals surface area contributed by atoms with Crippen molar-refractivity contribution in [3.8, 4) is 0 Å². The van der Waals surface area contributed by atoms with Crippen LogP contribution in [0.15, 0.2) is 41.4 Å². The van der Waals surface area contributed by atoms with Crippen molar-refractivity contribution in [3.05, 3.63) is 52.5 Å². The number of hydrogen-bond acceptors (Lipinski definition) is 4. The van der Waals surface area contributed by atoms with Gasteiger partial charge in [0.1, 0.15) is 0 Å². The molecule has 2 saturated heterocycles. The number of fused-ring (bicyclic) bond motifs is 1. The maximum atomic E-state index is 12.5. The first-order chi connectivity index (χ1) is 11.3. The molecule has 0 bridgehead atoms. The summed E-state index contributed by atoms with van der Waals surface area (Å²) < 4.78 is 0. The van der Waals surface area contributed by atoms with Gasteiger partial charge in [0.05, 0.1) is 0 Å². The third-order valence-corrected chi connectivity index (χ3v) is 5.80. The van der Waals surface area contributed by atoms with E-state index in [9.17, 15) is 4.79 Å². The summed E-state index contributed by atoms with van der Waals surface area (Å²) in [7, 11) is 0. The minimum atomic E-state index is 0.306. The summed E-state index contributed by atoms with van der Waals surface area (Å²) in [6.07, 6.45) is 6.37. The molecule has 2 atom stereocenters. The van der Waals surface area contributed by atoms with Crippen LogP contribution in [0.25, 0.3) is 0 Å². The van der Waals surface area contributed by atoms with Crippen LogP contribution in [-0.4, -0.2) is 39.3 Å². The summed E-state index contributed by atoms with van der Waals surface area (Å²) in [5, 5.41) is 4.37. The molecule has 2 aliphatic rings. The predicted octanol–water partition coefficient (Wildman–Crippen LogP) is 2.91. The molecule has 0 saturated carbocycles. The topological polar surface area (TPSA) is 36.4 Å². The molecule has 2 aliphatic heterocycles. The first-order valence-corrected chi connectivity index (χ1v) is 9.19. The lowest BCUT2D eigenvalue weighted by atomic mass is 9.95. The number of thiophene rings is 1. The molecule has 2 aromatic rings. The van der Waals surface area contributed by atoms with Crippen molar-refractivity contribution in [3.63, 3.8) is 0 Å². The molecular weight excluding hydrogens is 306 g/mol. The van der Waals surface area contributed by atoms with Gasteiger partial charge in [-0.1, -0.05) is 0 Å². The fourth-order valence-electron chi connectivity index (χ4n) is 3.94. The van der Waals surface area contributed by atoms with E-state index in [0.29, 0.717) is 24.4 Å². The van der Waals surface area contributed by atoms with E-state index < -0.39 is 0 Å². The lowest BCUT2D eigenvalue weighted by Gasteiger charge is -2.40. The van der Waals surface area contributed by atoms with Crippen LogP contribution in [-0.2, 0) is 17.9 Å². The molecule has 5 heteroatoms. The van der Waals surface area contributed by atoms with Gasteiger partial charge in [0.15, 0.2) is 0 Å². The van der Waals surface area contributed by atoms with Crippen LogP contribution in [0.4, 0.5) is 0 Å². The number of amides is 1. The molecule has 1 amide bonds. The van der Waals surface area contributed by atoms with Crippen molar-refractivity contribution in [2.45, 2.75) is 44.4 Å². The van der Waals surface area contributed by atoms with Gasteiger partial charge in [-0.15, -0.1) is 0 Å². The Morgan fingerprint density at radius 1 is 1.09 bits per heavy atom. The molecule has 0 N–H and O–H groups in total. The smallest absolute Gasteiger partial charge is 0.223 e. The highest BCUT2D eigenvalue weighted by molar-refractivity contribution is 7.07. The van der Waals surface area contributed by atoms with Crippen LogP contribution >= 0.6 is 11.3 Å². The van der Waals surface area contributed by atoms with Crippen molar-refractivity contribution in [1.29, 1.82) is 0 Å². The largest absolute Gasteiger partial charge is 0.334 e. The highest BCUT2D eigenvalue weighted by atomic mass is 32.1. The number of piperidine rings is 1. The maximum absolute atomic E-state index is 12.5. The van der Waals surface area contributed by atoms with Gasteiger partial charge in [-0.3, -0.25) is 14.7 Å². The Morgan fingerprint density at radius 2 is 1.96 bits per heavy atom. The van der Waals surface area contributed by atoms with Crippen molar-refractivity contribution in [1.82, 2.24) is 14.8 Å². The number of carbonyl (C=O) groups is 1. The fourth-order valence-corrected chi connectivity index (χ4v) is 4.60. The lowest BCUT2D eigenvalue weighted by molar-refractivity contribution is -0.138. The zero-order valence-electron chi connectivity index (χ0n) is 13.1. The SMILES string of the molecule is O=C1CC[C@H]2[C@H](CCN2Cc2ccsc2)N1Cc1ccncc1. The van der Waals surface area contributed by atoms with E-state index in [1.807, 2.05) is 12.1 Å². The Hall–Kier alpha value is -1.72. The maximum Gasteiger partial charge on any atom is 0.223 e. The standard InChI is InChI=1S/C18H21N3OS/c22-18-2-1-16-17(21(18)12-14-3-7-19-8-4-14)5-9-20(16)11-15-6-10-23-13-15/h3-4,6-8,10,13,16-17H,1-2,5,9,11-12H2/t16-,17-/m0/s1. The summed E-state index contributed by atoms with van der Waals surface area (Å²) in [5.41, 5.74) is 2.57. The minimum absolute atomic E-state index is 0.306. The predicted molar refractivity (Wildman–Crippen MR) is 90.9 cm³/mol. The molecule has 0 spiro atoms. The Kier molecular flexibility index (Phi) is 4.14. The molecule has 4 nitrogen and oxygen atoms in total. The van der Waals surface area contributed by atoms with Gasteiger partial charge in [0.2, 0.25) is 5.91 Å². The molecular formula is C18H21N3OS. The molecule has 0 unspecified atom stereocenters. The van der Waals surface area contributed by atoms with Gasteiger partial charge < -0.3 is 4.90 Å². The summed E-state index contributed by atoms with van der Waals surface area (Å²) in [4.78, 5) is 21.2. The number of likely N-dealkylation sites (tertiary alicyclic amines) is 2. The number of aromatic nitrogens is 1. The van der Waals surface area contributed by atoms with Crippen LogP contribution in [0.3, 0.4) is 0 Å². The second-order valence-corrected chi connectivity index (χ2v) is 7.22. The van der Waals surface area contributed by atoms with Gasteiger partial charge >= 0.3 is 0 Å². The zero-order valence-corrected chi connectivity index (χ0v) is 13.9. The summed E-state index contributed by atoms with van der Waals surface area (Å²) in [5.74, 6) is 0.306. The Balaban J connectivity index is 1.49. The number of nitrogens with zero attached hydrogens (tertiary/aromatic N) is 3. The van der Waals surface area contributed by atoms with E-state index in [1.165, 1.54) is 11.1 Å². The molecule has 0 aromatic carbocycles. The van der Waals surface area contributed by atoms with Crippen molar-refractivity contribution in [2.75, 3.05) is 6.54 Å². The lowest BCUT2D eigenvalue weighted by Crippen LogP contribution is -2.51. The van der Waals surface area contributed by atoms with E-state index >= 15 is 0 Å². The van der Waals surface area contributed by atoms with Crippen molar-refractivity contribution >= 4 is 17.2 Å². The average Bonchev–Trinajstić information content (AvgIpc) is 3.22. The Bertz CT molecular complexity index is 658. The second-order valence-electron chi connectivity index (χ2n) is 6.44. The number of hydrogen-bond donors (Lipinski definition) is 0. The van der Waals surface area contributed by atoms with E-state index in [1.54, 1.807) is 23.7 Å². The quantitative estimate of drug-likeness (QED) is 0.866. The Labute approximate surface area is 140 Å². The van der Waals surface area contributed by atoms with E-state index in [2.05, 4.69) is 31.6 Å². The minimum Gasteiger partial charge on any atom is -0.334 e. The summed E-state index contributed by atoms with van der Waals surface area (Å²) in [6.45, 7) is 2.82. The summed E-state index contributed by atoms with van der Waals surface area (Å²) in [6, 6.07) is 7.10. The third kappa shape index (κ3) is 3.03. The average molecular weight is 327 g/mol. The van der Waals surface area contributed by atoms with E-state index in [-0.39, 0.29) is 0 Å². The molecule has 2 aromatic heterocycles. The molecule has 0 radical (unpaired) electrons. The summed E-state index contributed by atoms with van der Waals surface area (Å²) >= 11 is 1.76. The van der Waals surface area contributed by atoms with Crippen LogP contribution in [0.5, 0.6) is 0 Å². The van der Waals surface area contributed by atoms with Gasteiger partial charge in [-0.05, 0) is 52.9 Å². The Morgan fingerprint density at radius 3 is 2.74 bits per heavy atom. The number of carbonyl (C=O) groups excluding carboxylic acids is 1. The second kappa shape index (κ2) is 6.42. The third-order valence-electron chi connectivity index (χ3n) is 5.07. The van der Waals surface area contributed by atoms with Crippen LogP contribution in [0.1, 0.15) is 30.4 Å². The van der Waals surface area contributed by atoms with E-state index in [0.717, 1.165) is 32.5 Å². The molecule has 4 heterocycles. The number of rotatable bonds is 4.